The first kappa shape index (κ1) is 18.1. The molecule has 24 heavy (non-hydrogen) atoms. The van der Waals surface area contributed by atoms with E-state index in [0.717, 1.165) is 25.7 Å². The van der Waals surface area contributed by atoms with E-state index in [4.69, 9.17) is 4.74 Å². The second-order valence-electron chi connectivity index (χ2n) is 6.30. The molecule has 0 bridgehead atoms. The van der Waals surface area contributed by atoms with Crippen molar-refractivity contribution in [3.8, 4) is 0 Å². The minimum Gasteiger partial charge on any atom is -0.453 e. The fraction of sp³-hybridized carbons (Fsp3) is 0.556. The van der Waals surface area contributed by atoms with Crippen LogP contribution in [-0.4, -0.2) is 49.3 Å². The standard InChI is InChI=1S/C18H27N3O3/c1-14(10-11-15-7-4-3-5-8-15)19-17(22)20-16-9-6-12-21(13-16)18(23)24-2/h3-5,7-8,14,16H,6,9-13H2,1-2H3,(H2,19,20,22). The monoisotopic (exact) mass is 333 g/mol. The summed E-state index contributed by atoms with van der Waals surface area (Å²) in [5.41, 5.74) is 1.27. The average molecular weight is 333 g/mol. The summed E-state index contributed by atoms with van der Waals surface area (Å²) in [5, 5.41) is 5.93. The highest BCUT2D eigenvalue weighted by Gasteiger charge is 2.25. The molecule has 0 aromatic heterocycles. The molecule has 0 spiro atoms. The number of piperidine rings is 1. The molecule has 0 radical (unpaired) electrons. The molecule has 0 aliphatic carbocycles. The lowest BCUT2D eigenvalue weighted by Crippen LogP contribution is -2.53. The Bertz CT molecular complexity index is 536. The van der Waals surface area contributed by atoms with Crippen molar-refractivity contribution in [3.63, 3.8) is 0 Å². The average Bonchev–Trinajstić information content (AvgIpc) is 2.60. The van der Waals surface area contributed by atoms with Crippen LogP contribution in [0.3, 0.4) is 0 Å². The molecular formula is C18H27N3O3. The minimum absolute atomic E-state index is 0.0285. The van der Waals surface area contributed by atoms with Crippen LogP contribution >= 0.6 is 0 Å². The molecule has 2 unspecified atom stereocenters. The SMILES string of the molecule is COC(=O)N1CCCC(NC(=O)NC(C)CCc2ccccc2)C1. The van der Waals surface area contributed by atoms with E-state index in [1.54, 1.807) is 4.90 Å². The smallest absolute Gasteiger partial charge is 0.409 e. The van der Waals surface area contributed by atoms with Crippen LogP contribution in [-0.2, 0) is 11.2 Å². The van der Waals surface area contributed by atoms with Crippen LogP contribution in [0.15, 0.2) is 30.3 Å². The number of urea groups is 1. The summed E-state index contributed by atoms with van der Waals surface area (Å²) in [6.07, 6.45) is 3.22. The molecule has 1 aromatic rings. The van der Waals surface area contributed by atoms with Crippen molar-refractivity contribution in [1.29, 1.82) is 0 Å². The Hall–Kier alpha value is -2.24. The number of benzene rings is 1. The maximum Gasteiger partial charge on any atom is 0.409 e. The number of nitrogens with one attached hydrogen (secondary N) is 2. The predicted molar refractivity (Wildman–Crippen MR) is 92.9 cm³/mol. The van der Waals surface area contributed by atoms with Gasteiger partial charge in [-0.3, -0.25) is 0 Å². The summed E-state index contributed by atoms with van der Waals surface area (Å²) in [6, 6.07) is 10.1. The number of rotatable bonds is 5. The Morgan fingerprint density at radius 3 is 2.79 bits per heavy atom. The first-order chi connectivity index (χ1) is 11.6. The highest BCUT2D eigenvalue weighted by atomic mass is 16.5. The number of hydrogen-bond donors (Lipinski definition) is 2. The van der Waals surface area contributed by atoms with Gasteiger partial charge in [0.25, 0.3) is 0 Å². The van der Waals surface area contributed by atoms with Gasteiger partial charge < -0.3 is 20.3 Å². The molecule has 132 valence electrons. The topological polar surface area (TPSA) is 70.7 Å². The number of methoxy groups -OCH3 is 1. The van der Waals surface area contributed by atoms with Crippen LogP contribution in [0.25, 0.3) is 0 Å². The molecule has 2 atom stereocenters. The summed E-state index contributed by atoms with van der Waals surface area (Å²) >= 11 is 0. The minimum atomic E-state index is -0.335. The van der Waals surface area contributed by atoms with E-state index in [1.165, 1.54) is 12.7 Å². The second-order valence-corrected chi connectivity index (χ2v) is 6.30. The Balaban J connectivity index is 1.71. The summed E-state index contributed by atoms with van der Waals surface area (Å²) in [5.74, 6) is 0. The lowest BCUT2D eigenvalue weighted by Gasteiger charge is -2.32. The number of nitrogens with zero attached hydrogens (tertiary/aromatic N) is 1. The van der Waals surface area contributed by atoms with Gasteiger partial charge >= 0.3 is 12.1 Å². The van der Waals surface area contributed by atoms with Gasteiger partial charge in [0.05, 0.1) is 7.11 Å². The Morgan fingerprint density at radius 2 is 2.08 bits per heavy atom. The Labute approximate surface area is 143 Å². The number of hydrogen-bond acceptors (Lipinski definition) is 3. The highest BCUT2D eigenvalue weighted by Crippen LogP contribution is 2.11. The van der Waals surface area contributed by atoms with E-state index >= 15 is 0 Å². The molecule has 1 aliphatic rings. The van der Waals surface area contributed by atoms with E-state index in [1.807, 2.05) is 25.1 Å². The zero-order valence-corrected chi connectivity index (χ0v) is 14.5. The molecule has 6 heteroatoms. The molecule has 1 fully saturated rings. The van der Waals surface area contributed by atoms with Gasteiger partial charge in [0.2, 0.25) is 0 Å². The first-order valence-corrected chi connectivity index (χ1v) is 8.52. The molecule has 6 nitrogen and oxygen atoms in total. The van der Waals surface area contributed by atoms with Gasteiger partial charge in [-0.25, -0.2) is 9.59 Å². The number of ether oxygens (including phenoxy) is 1. The maximum absolute atomic E-state index is 12.1. The highest BCUT2D eigenvalue weighted by molar-refractivity contribution is 5.74. The normalized spacial score (nSPS) is 18.6. The number of likely N-dealkylation sites (tertiary alicyclic amines) is 1. The van der Waals surface area contributed by atoms with Crippen LogP contribution in [0.5, 0.6) is 0 Å². The summed E-state index contributed by atoms with van der Waals surface area (Å²) in [7, 11) is 1.38. The van der Waals surface area contributed by atoms with E-state index in [2.05, 4.69) is 22.8 Å². The number of carbonyl (C=O) groups is 2. The summed E-state index contributed by atoms with van der Waals surface area (Å²) in [6.45, 7) is 3.18. The zero-order chi connectivity index (χ0) is 17.4. The zero-order valence-electron chi connectivity index (χ0n) is 14.5. The third kappa shape index (κ3) is 5.76. The summed E-state index contributed by atoms with van der Waals surface area (Å²) < 4.78 is 4.74. The lowest BCUT2D eigenvalue weighted by molar-refractivity contribution is 0.108. The molecule has 1 heterocycles. The summed E-state index contributed by atoms with van der Waals surface area (Å²) in [4.78, 5) is 25.3. The van der Waals surface area contributed by atoms with Crippen molar-refractivity contribution in [2.24, 2.45) is 0 Å². The first-order valence-electron chi connectivity index (χ1n) is 8.52. The van der Waals surface area contributed by atoms with Crippen molar-refractivity contribution in [2.75, 3.05) is 20.2 Å². The van der Waals surface area contributed by atoms with E-state index in [9.17, 15) is 9.59 Å². The van der Waals surface area contributed by atoms with Crippen molar-refractivity contribution in [1.82, 2.24) is 15.5 Å². The van der Waals surface area contributed by atoms with Crippen LogP contribution in [0.4, 0.5) is 9.59 Å². The quantitative estimate of drug-likeness (QED) is 0.870. The Morgan fingerprint density at radius 1 is 1.33 bits per heavy atom. The van der Waals surface area contributed by atoms with E-state index < -0.39 is 0 Å². The van der Waals surface area contributed by atoms with Gasteiger partial charge in [0.1, 0.15) is 0 Å². The molecule has 1 aliphatic heterocycles. The molecular weight excluding hydrogens is 306 g/mol. The van der Waals surface area contributed by atoms with Crippen LogP contribution in [0, 0.1) is 0 Å². The predicted octanol–water partition coefficient (Wildman–Crippen LogP) is 2.54. The number of amides is 3. The van der Waals surface area contributed by atoms with E-state index in [0.29, 0.717) is 13.1 Å². The van der Waals surface area contributed by atoms with Gasteiger partial charge in [-0.1, -0.05) is 30.3 Å². The number of carbonyl (C=O) groups excluding carboxylic acids is 2. The van der Waals surface area contributed by atoms with Gasteiger partial charge in [0.15, 0.2) is 0 Å². The van der Waals surface area contributed by atoms with Crippen molar-refractivity contribution in [2.45, 2.75) is 44.7 Å². The molecule has 2 N–H and O–H groups in total. The second kappa shape index (κ2) is 9.15. The third-order valence-electron chi connectivity index (χ3n) is 4.28. The maximum atomic E-state index is 12.1. The molecule has 1 saturated heterocycles. The van der Waals surface area contributed by atoms with E-state index in [-0.39, 0.29) is 24.2 Å². The van der Waals surface area contributed by atoms with Crippen molar-refractivity contribution < 1.29 is 14.3 Å². The van der Waals surface area contributed by atoms with Gasteiger partial charge in [0, 0.05) is 25.2 Å². The Kier molecular flexibility index (Phi) is 6.90. The fourth-order valence-electron chi connectivity index (χ4n) is 2.94. The molecule has 0 saturated carbocycles. The molecule has 1 aromatic carbocycles. The van der Waals surface area contributed by atoms with Gasteiger partial charge in [-0.05, 0) is 38.2 Å². The lowest BCUT2D eigenvalue weighted by atomic mass is 10.1. The van der Waals surface area contributed by atoms with Crippen molar-refractivity contribution >= 4 is 12.1 Å². The van der Waals surface area contributed by atoms with Crippen LogP contribution in [0.1, 0.15) is 31.7 Å². The van der Waals surface area contributed by atoms with Crippen LogP contribution < -0.4 is 10.6 Å². The largest absolute Gasteiger partial charge is 0.453 e. The van der Waals surface area contributed by atoms with Crippen LogP contribution in [0.2, 0.25) is 0 Å². The van der Waals surface area contributed by atoms with Crippen molar-refractivity contribution in [3.05, 3.63) is 35.9 Å². The fourth-order valence-corrected chi connectivity index (χ4v) is 2.94. The van der Waals surface area contributed by atoms with Gasteiger partial charge in [-0.15, -0.1) is 0 Å². The molecule has 3 amide bonds. The third-order valence-corrected chi connectivity index (χ3v) is 4.28. The number of aryl methyl sites for hydroxylation is 1. The van der Waals surface area contributed by atoms with Gasteiger partial charge in [-0.2, -0.15) is 0 Å². The molecule has 2 rings (SSSR count).